The molecule has 0 aromatic heterocycles. The van der Waals surface area contributed by atoms with E-state index in [-0.39, 0.29) is 5.41 Å². The smallest absolute Gasteiger partial charge is 0.119 e. The maximum atomic E-state index is 9.42. The van der Waals surface area contributed by atoms with Gasteiger partial charge >= 0.3 is 0 Å². The Bertz CT molecular complexity index is 460. The van der Waals surface area contributed by atoms with Crippen LogP contribution in [0.2, 0.25) is 0 Å². The van der Waals surface area contributed by atoms with Crippen molar-refractivity contribution < 1.29 is 4.74 Å². The third kappa shape index (κ3) is 1.24. The van der Waals surface area contributed by atoms with Gasteiger partial charge in [0.15, 0.2) is 0 Å². The zero-order valence-corrected chi connectivity index (χ0v) is 9.49. The van der Waals surface area contributed by atoms with Crippen molar-refractivity contribution in [3.8, 4) is 11.8 Å². The van der Waals surface area contributed by atoms with Crippen molar-refractivity contribution in [1.82, 2.24) is 0 Å². The second kappa shape index (κ2) is 3.01. The first kappa shape index (κ1) is 9.72. The number of nitrogens with zero attached hydrogens (tertiary/aromatic N) is 1. The van der Waals surface area contributed by atoms with Gasteiger partial charge in [0.25, 0.3) is 0 Å². The van der Waals surface area contributed by atoms with Crippen molar-refractivity contribution in [3.05, 3.63) is 29.8 Å². The zero-order chi connectivity index (χ0) is 11.2. The first-order chi connectivity index (χ1) is 7.72. The summed E-state index contributed by atoms with van der Waals surface area (Å²) in [7, 11) is 1.67. The summed E-state index contributed by atoms with van der Waals surface area (Å²) in [5.41, 5.74) is 1.44. The number of benzene rings is 1. The highest BCUT2D eigenvalue weighted by Gasteiger charge is 2.61. The zero-order valence-electron chi connectivity index (χ0n) is 9.49. The molecule has 3 rings (SSSR count). The Labute approximate surface area is 95.8 Å². The molecule has 0 aliphatic heterocycles. The number of hydrogen-bond acceptors (Lipinski definition) is 2. The minimum Gasteiger partial charge on any atom is -0.497 e. The van der Waals surface area contributed by atoms with E-state index >= 15 is 0 Å². The number of hydrogen-bond donors (Lipinski definition) is 0. The second-order valence-corrected chi connectivity index (χ2v) is 5.28. The van der Waals surface area contributed by atoms with Gasteiger partial charge in [-0.2, -0.15) is 5.26 Å². The molecule has 0 amide bonds. The second-order valence-electron chi connectivity index (χ2n) is 5.28. The summed E-state index contributed by atoms with van der Waals surface area (Å²) in [6.45, 7) is 0. The van der Waals surface area contributed by atoms with Crippen molar-refractivity contribution in [3.63, 3.8) is 0 Å². The molecule has 2 fully saturated rings. The number of ether oxygens (including phenoxy) is 1. The maximum absolute atomic E-state index is 9.42. The standard InChI is InChI=1S/C14H15NO/c1-16-12-4-2-3-11(7-12)14(10-15)8-13(9-14)5-6-13/h2-4,7H,5-6,8-9H2,1H3. The Hall–Kier alpha value is -1.49. The van der Waals surface area contributed by atoms with Gasteiger partial charge in [-0.1, -0.05) is 12.1 Å². The summed E-state index contributed by atoms with van der Waals surface area (Å²) in [6, 6.07) is 10.5. The van der Waals surface area contributed by atoms with Gasteiger partial charge in [0, 0.05) is 0 Å². The summed E-state index contributed by atoms with van der Waals surface area (Å²) >= 11 is 0. The number of nitriles is 1. The Balaban J connectivity index is 1.93. The Morgan fingerprint density at radius 3 is 2.62 bits per heavy atom. The highest BCUT2D eigenvalue weighted by Crippen LogP contribution is 2.68. The highest BCUT2D eigenvalue weighted by molar-refractivity contribution is 5.43. The van der Waals surface area contributed by atoms with E-state index in [0.29, 0.717) is 5.41 Å². The minimum absolute atomic E-state index is 0.231. The predicted molar refractivity (Wildman–Crippen MR) is 61.2 cm³/mol. The lowest BCUT2D eigenvalue weighted by molar-refractivity contribution is 0.172. The molecule has 2 saturated carbocycles. The fraction of sp³-hybridized carbons (Fsp3) is 0.500. The van der Waals surface area contributed by atoms with Crippen LogP contribution in [0.3, 0.4) is 0 Å². The summed E-state index contributed by atoms with van der Waals surface area (Å²) in [6.07, 6.45) is 4.73. The molecule has 2 nitrogen and oxygen atoms in total. The highest BCUT2D eigenvalue weighted by atomic mass is 16.5. The molecule has 2 aliphatic rings. The average molecular weight is 213 g/mol. The van der Waals surface area contributed by atoms with Gasteiger partial charge in [0.05, 0.1) is 18.6 Å². The van der Waals surface area contributed by atoms with Gasteiger partial charge < -0.3 is 4.74 Å². The van der Waals surface area contributed by atoms with E-state index in [4.69, 9.17) is 4.74 Å². The quantitative estimate of drug-likeness (QED) is 0.756. The lowest BCUT2D eigenvalue weighted by Gasteiger charge is -2.44. The van der Waals surface area contributed by atoms with Crippen molar-refractivity contribution in [2.45, 2.75) is 31.1 Å². The van der Waals surface area contributed by atoms with Crippen LogP contribution in [0.25, 0.3) is 0 Å². The molecule has 2 heteroatoms. The van der Waals surface area contributed by atoms with Crippen LogP contribution in [0.1, 0.15) is 31.2 Å². The molecule has 1 aromatic carbocycles. The van der Waals surface area contributed by atoms with E-state index in [1.807, 2.05) is 18.2 Å². The summed E-state index contributed by atoms with van der Waals surface area (Å²) in [5, 5.41) is 9.42. The molecule has 82 valence electrons. The molecule has 0 unspecified atom stereocenters. The van der Waals surface area contributed by atoms with E-state index in [2.05, 4.69) is 12.1 Å². The van der Waals surface area contributed by atoms with E-state index < -0.39 is 0 Å². The van der Waals surface area contributed by atoms with E-state index in [9.17, 15) is 5.26 Å². The lowest BCUT2D eigenvalue weighted by atomic mass is 9.57. The van der Waals surface area contributed by atoms with Crippen molar-refractivity contribution in [2.24, 2.45) is 5.41 Å². The molecule has 0 bridgehead atoms. The van der Waals surface area contributed by atoms with Crippen molar-refractivity contribution in [1.29, 1.82) is 5.26 Å². The van der Waals surface area contributed by atoms with Gasteiger partial charge in [0.2, 0.25) is 0 Å². The number of methoxy groups -OCH3 is 1. The first-order valence-electron chi connectivity index (χ1n) is 5.78. The first-order valence-corrected chi connectivity index (χ1v) is 5.78. The van der Waals surface area contributed by atoms with Crippen LogP contribution < -0.4 is 4.74 Å². The van der Waals surface area contributed by atoms with Gasteiger partial charge in [-0.3, -0.25) is 0 Å². The van der Waals surface area contributed by atoms with Gasteiger partial charge in [-0.05, 0) is 48.8 Å². The third-order valence-corrected chi connectivity index (χ3v) is 4.15. The molecule has 1 aromatic rings. The molecule has 2 aliphatic carbocycles. The van der Waals surface area contributed by atoms with Gasteiger partial charge in [-0.25, -0.2) is 0 Å². The largest absolute Gasteiger partial charge is 0.497 e. The van der Waals surface area contributed by atoms with Crippen LogP contribution in [0.15, 0.2) is 24.3 Å². The van der Waals surface area contributed by atoms with Crippen molar-refractivity contribution in [2.75, 3.05) is 7.11 Å². The van der Waals surface area contributed by atoms with E-state index in [1.54, 1.807) is 7.11 Å². The molecule has 0 radical (unpaired) electrons. The Morgan fingerprint density at radius 1 is 1.31 bits per heavy atom. The maximum Gasteiger partial charge on any atom is 0.119 e. The Morgan fingerprint density at radius 2 is 2.06 bits per heavy atom. The molecule has 0 heterocycles. The summed E-state index contributed by atoms with van der Waals surface area (Å²) in [4.78, 5) is 0. The average Bonchev–Trinajstić information content (AvgIpc) is 3.07. The monoisotopic (exact) mass is 213 g/mol. The van der Waals surface area contributed by atoms with Gasteiger partial charge in [0.1, 0.15) is 5.75 Å². The fourth-order valence-corrected chi connectivity index (χ4v) is 3.03. The van der Waals surface area contributed by atoms with Gasteiger partial charge in [-0.15, -0.1) is 0 Å². The van der Waals surface area contributed by atoms with Crippen LogP contribution in [0.4, 0.5) is 0 Å². The van der Waals surface area contributed by atoms with Crippen LogP contribution >= 0.6 is 0 Å². The predicted octanol–water partition coefficient (Wildman–Crippen LogP) is 3.03. The van der Waals surface area contributed by atoms with Crippen LogP contribution in [-0.4, -0.2) is 7.11 Å². The SMILES string of the molecule is COc1cccc(C2(C#N)CC3(CC3)C2)c1. The van der Waals surface area contributed by atoms with Crippen LogP contribution in [0, 0.1) is 16.7 Å². The molecular weight excluding hydrogens is 198 g/mol. The third-order valence-electron chi connectivity index (χ3n) is 4.15. The molecule has 0 atom stereocenters. The Kier molecular flexibility index (Phi) is 1.83. The van der Waals surface area contributed by atoms with E-state index in [1.165, 1.54) is 12.8 Å². The summed E-state index contributed by atoms with van der Waals surface area (Å²) < 4.78 is 5.22. The fourth-order valence-electron chi connectivity index (χ4n) is 3.03. The normalized spacial score (nSPS) is 23.2. The topological polar surface area (TPSA) is 33.0 Å². The molecular formula is C14H15NO. The van der Waals surface area contributed by atoms with Crippen LogP contribution in [0.5, 0.6) is 5.75 Å². The lowest BCUT2D eigenvalue weighted by Crippen LogP contribution is -2.41. The van der Waals surface area contributed by atoms with E-state index in [0.717, 1.165) is 24.2 Å². The van der Waals surface area contributed by atoms with Crippen molar-refractivity contribution >= 4 is 0 Å². The molecule has 0 N–H and O–H groups in total. The number of rotatable bonds is 2. The molecule has 16 heavy (non-hydrogen) atoms. The molecule has 0 saturated heterocycles. The molecule has 1 spiro atoms. The minimum atomic E-state index is -0.231. The van der Waals surface area contributed by atoms with Crippen LogP contribution in [-0.2, 0) is 5.41 Å². The summed E-state index contributed by atoms with van der Waals surface area (Å²) in [5.74, 6) is 0.851.